The van der Waals surface area contributed by atoms with Crippen molar-refractivity contribution in [1.29, 1.82) is 0 Å². The van der Waals surface area contributed by atoms with Gasteiger partial charge in [-0.05, 0) is 58.9 Å². The highest BCUT2D eigenvalue weighted by Crippen LogP contribution is 2.44. The Morgan fingerprint density at radius 2 is 1.81 bits per heavy atom. The van der Waals surface area contributed by atoms with Crippen LogP contribution in [0.5, 0.6) is 0 Å². The van der Waals surface area contributed by atoms with Gasteiger partial charge in [-0.2, -0.15) is 5.06 Å². The van der Waals surface area contributed by atoms with Gasteiger partial charge in [-0.25, -0.2) is 4.79 Å². The number of piperidine rings is 1. The SMILES string of the molecule is CCNC(=O)NC1CC(C)(C)N(OC(C)c2ccccc2)C(CC)(CC)C1. The van der Waals surface area contributed by atoms with Gasteiger partial charge < -0.3 is 10.6 Å². The van der Waals surface area contributed by atoms with Crippen LogP contribution >= 0.6 is 0 Å². The molecule has 2 N–H and O–H groups in total. The van der Waals surface area contributed by atoms with Crippen LogP contribution in [0, 0.1) is 0 Å². The summed E-state index contributed by atoms with van der Waals surface area (Å²) in [7, 11) is 0. The van der Waals surface area contributed by atoms with E-state index < -0.39 is 0 Å². The fraction of sp³-hybridized carbons (Fsp3) is 0.682. The predicted molar refractivity (Wildman–Crippen MR) is 110 cm³/mol. The number of hydroxylamine groups is 2. The van der Waals surface area contributed by atoms with Gasteiger partial charge in [-0.3, -0.25) is 4.84 Å². The number of amides is 2. The van der Waals surface area contributed by atoms with Crippen LogP contribution < -0.4 is 10.6 Å². The van der Waals surface area contributed by atoms with E-state index in [1.165, 1.54) is 5.56 Å². The van der Waals surface area contributed by atoms with E-state index in [0.29, 0.717) is 6.54 Å². The predicted octanol–water partition coefficient (Wildman–Crippen LogP) is 4.80. The normalized spacial score (nSPS) is 22.8. The Bertz CT molecular complexity index is 599. The lowest BCUT2D eigenvalue weighted by atomic mass is 9.74. The average molecular weight is 376 g/mol. The van der Waals surface area contributed by atoms with E-state index in [4.69, 9.17) is 4.84 Å². The molecule has 1 aromatic carbocycles. The van der Waals surface area contributed by atoms with Crippen LogP contribution in [0.1, 0.15) is 78.9 Å². The number of hydrogen-bond donors (Lipinski definition) is 2. The number of benzene rings is 1. The maximum atomic E-state index is 12.1. The van der Waals surface area contributed by atoms with Crippen LogP contribution in [0.4, 0.5) is 4.79 Å². The molecule has 1 aromatic rings. The van der Waals surface area contributed by atoms with Gasteiger partial charge in [0.1, 0.15) is 6.10 Å². The highest BCUT2D eigenvalue weighted by atomic mass is 16.7. The molecule has 1 aliphatic rings. The van der Waals surface area contributed by atoms with Crippen molar-refractivity contribution in [3.63, 3.8) is 0 Å². The van der Waals surface area contributed by atoms with Crippen molar-refractivity contribution in [2.75, 3.05) is 6.54 Å². The molecular formula is C22H37N3O2. The summed E-state index contributed by atoms with van der Waals surface area (Å²) in [6.07, 6.45) is 3.68. The van der Waals surface area contributed by atoms with E-state index in [-0.39, 0.29) is 29.3 Å². The zero-order chi connectivity index (χ0) is 20.1. The molecule has 1 saturated heterocycles. The van der Waals surface area contributed by atoms with E-state index in [1.54, 1.807) is 0 Å². The Morgan fingerprint density at radius 3 is 2.37 bits per heavy atom. The zero-order valence-corrected chi connectivity index (χ0v) is 17.8. The Morgan fingerprint density at radius 1 is 1.19 bits per heavy atom. The van der Waals surface area contributed by atoms with E-state index in [2.05, 4.69) is 74.6 Å². The van der Waals surface area contributed by atoms with Crippen LogP contribution in [0.3, 0.4) is 0 Å². The molecule has 1 fully saturated rings. The molecule has 2 amide bonds. The monoisotopic (exact) mass is 375 g/mol. The number of rotatable bonds is 7. The highest BCUT2D eigenvalue weighted by molar-refractivity contribution is 5.74. The standard InChI is InChI=1S/C22H37N3O2/c1-7-22(8-2)16-19(24-20(26)23-9-3)15-21(5,6)25(22)27-17(4)18-13-11-10-12-14-18/h10-14,17,19H,7-9,15-16H2,1-6H3,(H2,23,24,26). The van der Waals surface area contributed by atoms with Gasteiger partial charge >= 0.3 is 6.03 Å². The van der Waals surface area contributed by atoms with Crippen molar-refractivity contribution in [3.8, 4) is 0 Å². The van der Waals surface area contributed by atoms with Crippen molar-refractivity contribution >= 4 is 6.03 Å². The first-order valence-electron chi connectivity index (χ1n) is 10.3. The minimum Gasteiger partial charge on any atom is -0.338 e. The molecule has 2 rings (SSSR count). The number of carbonyl (C=O) groups excluding carboxylic acids is 1. The summed E-state index contributed by atoms with van der Waals surface area (Å²) in [5.41, 5.74) is 0.892. The van der Waals surface area contributed by atoms with Gasteiger partial charge in [0.15, 0.2) is 0 Å². The quantitative estimate of drug-likeness (QED) is 0.720. The fourth-order valence-corrected chi connectivity index (χ4v) is 4.46. The third-order valence-corrected chi connectivity index (χ3v) is 5.87. The van der Waals surface area contributed by atoms with Gasteiger partial charge in [0.05, 0.1) is 0 Å². The fourth-order valence-electron chi connectivity index (χ4n) is 4.46. The minimum absolute atomic E-state index is 0.0177. The van der Waals surface area contributed by atoms with Crippen molar-refractivity contribution in [3.05, 3.63) is 35.9 Å². The summed E-state index contributed by atoms with van der Waals surface area (Å²) in [6.45, 7) is 13.6. The van der Waals surface area contributed by atoms with Crippen molar-refractivity contribution in [2.24, 2.45) is 0 Å². The molecule has 0 saturated carbocycles. The molecule has 2 atom stereocenters. The zero-order valence-electron chi connectivity index (χ0n) is 17.8. The molecule has 152 valence electrons. The summed E-state index contributed by atoms with van der Waals surface area (Å²) in [4.78, 5) is 18.7. The summed E-state index contributed by atoms with van der Waals surface area (Å²) in [5, 5.41) is 8.27. The first kappa shape index (κ1) is 21.7. The number of nitrogens with zero attached hydrogens (tertiary/aromatic N) is 1. The molecule has 0 aromatic heterocycles. The van der Waals surface area contributed by atoms with Crippen molar-refractivity contribution in [1.82, 2.24) is 15.7 Å². The highest BCUT2D eigenvalue weighted by Gasteiger charge is 2.50. The molecule has 5 heteroatoms. The smallest absolute Gasteiger partial charge is 0.314 e. The molecule has 0 aliphatic carbocycles. The second-order valence-corrected chi connectivity index (χ2v) is 8.31. The number of urea groups is 1. The Labute approximate surface area is 164 Å². The lowest BCUT2D eigenvalue weighted by molar-refractivity contribution is -0.316. The van der Waals surface area contributed by atoms with Gasteiger partial charge in [0, 0.05) is 23.7 Å². The second-order valence-electron chi connectivity index (χ2n) is 8.31. The molecule has 0 bridgehead atoms. The molecule has 1 aliphatic heterocycles. The largest absolute Gasteiger partial charge is 0.338 e. The van der Waals surface area contributed by atoms with Crippen LogP contribution in [0.2, 0.25) is 0 Å². The maximum absolute atomic E-state index is 12.1. The van der Waals surface area contributed by atoms with E-state index in [9.17, 15) is 4.79 Å². The molecule has 1 heterocycles. The van der Waals surface area contributed by atoms with E-state index in [1.807, 2.05) is 13.0 Å². The van der Waals surface area contributed by atoms with E-state index >= 15 is 0 Å². The number of nitrogens with one attached hydrogen (secondary N) is 2. The molecule has 0 radical (unpaired) electrons. The van der Waals surface area contributed by atoms with E-state index in [0.717, 1.165) is 25.7 Å². The topological polar surface area (TPSA) is 53.6 Å². The maximum Gasteiger partial charge on any atom is 0.314 e. The van der Waals surface area contributed by atoms with Gasteiger partial charge in [0.25, 0.3) is 0 Å². The summed E-state index contributed by atoms with van der Waals surface area (Å²) < 4.78 is 0. The third kappa shape index (κ3) is 5.02. The number of carbonyl (C=O) groups is 1. The van der Waals surface area contributed by atoms with Crippen LogP contribution in [0.25, 0.3) is 0 Å². The Hall–Kier alpha value is -1.59. The first-order chi connectivity index (χ1) is 12.8. The van der Waals surface area contributed by atoms with Crippen LogP contribution in [-0.4, -0.2) is 34.8 Å². The molecule has 2 unspecified atom stereocenters. The van der Waals surface area contributed by atoms with Gasteiger partial charge in [0.2, 0.25) is 0 Å². The summed E-state index contributed by atoms with van der Waals surface area (Å²) in [5.74, 6) is 0. The van der Waals surface area contributed by atoms with Gasteiger partial charge in [-0.1, -0.05) is 44.2 Å². The average Bonchev–Trinajstić information content (AvgIpc) is 2.64. The Balaban J connectivity index is 2.23. The lowest BCUT2D eigenvalue weighted by Crippen LogP contribution is -2.66. The third-order valence-electron chi connectivity index (χ3n) is 5.87. The lowest BCUT2D eigenvalue weighted by Gasteiger charge is -2.57. The minimum atomic E-state index is -0.183. The molecule has 5 nitrogen and oxygen atoms in total. The number of hydrogen-bond acceptors (Lipinski definition) is 3. The van der Waals surface area contributed by atoms with Crippen LogP contribution in [0.15, 0.2) is 30.3 Å². The Kier molecular flexibility index (Phi) is 7.29. The van der Waals surface area contributed by atoms with Gasteiger partial charge in [-0.15, -0.1) is 0 Å². The molecular weight excluding hydrogens is 338 g/mol. The van der Waals surface area contributed by atoms with Crippen molar-refractivity contribution in [2.45, 2.75) is 90.4 Å². The molecule has 0 spiro atoms. The van der Waals surface area contributed by atoms with Crippen LogP contribution in [-0.2, 0) is 4.84 Å². The summed E-state index contributed by atoms with van der Waals surface area (Å²) in [6, 6.07) is 10.4. The molecule has 27 heavy (non-hydrogen) atoms. The summed E-state index contributed by atoms with van der Waals surface area (Å²) >= 11 is 0. The second kappa shape index (κ2) is 9.07. The van der Waals surface area contributed by atoms with Crippen molar-refractivity contribution < 1.29 is 9.63 Å². The first-order valence-corrected chi connectivity index (χ1v) is 10.3.